The summed E-state index contributed by atoms with van der Waals surface area (Å²) < 4.78 is 31.3. The van der Waals surface area contributed by atoms with Gasteiger partial charge in [0.1, 0.15) is 15.4 Å². The SMILES string of the molecule is Cc1nn(CCC(=O)Nc2c(C(N)=O)sc3nc(C(F)F)cc(-c4cnn(C)c4C)c23)cc1Br. The molecule has 0 spiro atoms. The molecule has 4 aromatic rings. The zero-order valence-corrected chi connectivity index (χ0v) is 20.8. The second-order valence-electron chi connectivity index (χ2n) is 7.64. The monoisotopic (exact) mass is 551 g/mol. The quantitative estimate of drug-likeness (QED) is 0.354. The molecule has 0 aliphatic rings. The zero-order valence-electron chi connectivity index (χ0n) is 18.4. The van der Waals surface area contributed by atoms with E-state index in [2.05, 4.69) is 36.4 Å². The van der Waals surface area contributed by atoms with Crippen LogP contribution in [0.3, 0.4) is 0 Å². The van der Waals surface area contributed by atoms with Gasteiger partial charge < -0.3 is 11.1 Å². The second kappa shape index (κ2) is 9.22. The fourth-order valence-electron chi connectivity index (χ4n) is 3.52. The van der Waals surface area contributed by atoms with Gasteiger partial charge in [0.05, 0.1) is 22.1 Å². The van der Waals surface area contributed by atoms with Crippen molar-refractivity contribution in [1.29, 1.82) is 0 Å². The normalized spacial score (nSPS) is 11.5. The topological polar surface area (TPSA) is 121 Å². The average molecular weight is 552 g/mol. The number of pyridine rings is 1. The Hall–Kier alpha value is -3.19. The number of nitrogens with one attached hydrogen (secondary N) is 1. The van der Waals surface area contributed by atoms with E-state index in [9.17, 15) is 18.4 Å². The number of primary amides is 1. The summed E-state index contributed by atoms with van der Waals surface area (Å²) in [5.74, 6) is -1.18. The number of carbonyl (C=O) groups is 2. The standard InChI is InChI=1S/C21H20BrF2N7O2S/c1-9-13(22)8-31(29-9)5-4-15(32)28-17-16-11(12-7-26-30(3)10(12)2)6-14(19(23)24)27-21(16)34-18(17)20(25)33/h6-8,19H,4-5H2,1-3H3,(H2,25,33)(H,28,32). The van der Waals surface area contributed by atoms with Crippen LogP contribution >= 0.6 is 27.3 Å². The molecule has 0 atom stereocenters. The third-order valence-corrected chi connectivity index (χ3v) is 7.25. The summed E-state index contributed by atoms with van der Waals surface area (Å²) in [6.45, 7) is 3.93. The number of alkyl halides is 2. The minimum atomic E-state index is -2.82. The summed E-state index contributed by atoms with van der Waals surface area (Å²) >= 11 is 4.24. The van der Waals surface area contributed by atoms with Crippen LogP contribution in [0.5, 0.6) is 0 Å². The molecule has 4 heterocycles. The molecule has 0 radical (unpaired) electrons. The number of aryl methyl sites for hydroxylation is 3. The van der Waals surface area contributed by atoms with E-state index < -0.39 is 23.9 Å². The molecule has 0 saturated heterocycles. The van der Waals surface area contributed by atoms with Gasteiger partial charge in [-0.15, -0.1) is 11.3 Å². The summed E-state index contributed by atoms with van der Waals surface area (Å²) in [6.07, 6.45) is 0.544. The first-order chi connectivity index (χ1) is 16.1. The van der Waals surface area contributed by atoms with Crippen LogP contribution in [0.1, 0.15) is 39.6 Å². The molecule has 0 aliphatic carbocycles. The van der Waals surface area contributed by atoms with Crippen LogP contribution in [0.25, 0.3) is 21.3 Å². The molecule has 3 N–H and O–H groups in total. The third-order valence-electron chi connectivity index (χ3n) is 5.37. The molecule has 0 aromatic carbocycles. The van der Waals surface area contributed by atoms with Crippen molar-refractivity contribution in [3.8, 4) is 11.1 Å². The zero-order chi connectivity index (χ0) is 24.7. The summed E-state index contributed by atoms with van der Waals surface area (Å²) in [7, 11) is 1.73. The molecule has 2 amide bonds. The Kier molecular flexibility index (Phi) is 6.49. The Labute approximate surface area is 205 Å². The van der Waals surface area contributed by atoms with Crippen LogP contribution in [0.4, 0.5) is 14.5 Å². The number of hydrogen-bond donors (Lipinski definition) is 2. The highest BCUT2D eigenvalue weighted by molar-refractivity contribution is 9.10. The van der Waals surface area contributed by atoms with Crippen LogP contribution in [-0.2, 0) is 18.4 Å². The highest BCUT2D eigenvalue weighted by Crippen LogP contribution is 2.43. The van der Waals surface area contributed by atoms with Crippen molar-refractivity contribution >= 4 is 55.0 Å². The van der Waals surface area contributed by atoms with Gasteiger partial charge >= 0.3 is 0 Å². The molecular formula is C21H20BrF2N7O2S. The maximum absolute atomic E-state index is 13.6. The van der Waals surface area contributed by atoms with Crippen LogP contribution in [0.2, 0.25) is 0 Å². The fourth-order valence-corrected chi connectivity index (χ4v) is 4.85. The van der Waals surface area contributed by atoms with E-state index in [1.165, 1.54) is 6.07 Å². The Morgan fingerprint density at radius 1 is 1.29 bits per heavy atom. The van der Waals surface area contributed by atoms with E-state index in [0.29, 0.717) is 23.1 Å². The van der Waals surface area contributed by atoms with Crippen molar-refractivity contribution in [1.82, 2.24) is 24.5 Å². The van der Waals surface area contributed by atoms with E-state index in [4.69, 9.17) is 5.73 Å². The summed E-state index contributed by atoms with van der Waals surface area (Å²) in [6, 6.07) is 1.26. The minimum Gasteiger partial charge on any atom is -0.365 e. The van der Waals surface area contributed by atoms with Crippen LogP contribution < -0.4 is 11.1 Å². The van der Waals surface area contributed by atoms with Crippen molar-refractivity contribution < 1.29 is 18.4 Å². The number of carbonyl (C=O) groups excluding carboxylic acids is 2. The summed E-state index contributed by atoms with van der Waals surface area (Å²) in [5.41, 5.74) is 7.75. The lowest BCUT2D eigenvalue weighted by Crippen LogP contribution is -2.18. The van der Waals surface area contributed by atoms with Crippen molar-refractivity contribution in [3.05, 3.63) is 44.9 Å². The number of amides is 2. The Morgan fingerprint density at radius 2 is 2.03 bits per heavy atom. The maximum Gasteiger partial charge on any atom is 0.280 e. The lowest BCUT2D eigenvalue weighted by atomic mass is 10.0. The first-order valence-electron chi connectivity index (χ1n) is 10.1. The number of aromatic nitrogens is 5. The molecule has 178 valence electrons. The first-order valence-corrected chi connectivity index (χ1v) is 11.7. The predicted molar refractivity (Wildman–Crippen MR) is 128 cm³/mol. The van der Waals surface area contributed by atoms with E-state index in [1.54, 1.807) is 35.7 Å². The minimum absolute atomic E-state index is 0.0303. The number of hydrogen-bond acceptors (Lipinski definition) is 6. The van der Waals surface area contributed by atoms with Gasteiger partial charge in [0, 0.05) is 42.9 Å². The molecule has 4 rings (SSSR count). The molecule has 0 bridgehead atoms. The number of nitrogens with zero attached hydrogens (tertiary/aromatic N) is 5. The third kappa shape index (κ3) is 4.44. The number of anilines is 1. The maximum atomic E-state index is 13.6. The number of thiophene rings is 1. The van der Waals surface area contributed by atoms with E-state index in [0.717, 1.165) is 27.2 Å². The van der Waals surface area contributed by atoms with Gasteiger partial charge in [-0.2, -0.15) is 10.2 Å². The molecule has 0 aliphatic heterocycles. The van der Waals surface area contributed by atoms with Gasteiger partial charge in [0.25, 0.3) is 12.3 Å². The van der Waals surface area contributed by atoms with Gasteiger partial charge in [-0.3, -0.25) is 19.0 Å². The van der Waals surface area contributed by atoms with Gasteiger partial charge in [0.15, 0.2) is 0 Å². The molecule has 0 unspecified atom stereocenters. The molecule has 0 fully saturated rings. The van der Waals surface area contributed by atoms with Crippen molar-refractivity contribution in [2.24, 2.45) is 12.8 Å². The largest absolute Gasteiger partial charge is 0.365 e. The Bertz CT molecular complexity index is 1410. The number of nitrogens with two attached hydrogens (primary N) is 1. The lowest BCUT2D eigenvalue weighted by Gasteiger charge is -2.11. The van der Waals surface area contributed by atoms with E-state index in [-0.39, 0.29) is 21.8 Å². The Balaban J connectivity index is 1.79. The molecule has 9 nitrogen and oxygen atoms in total. The smallest absolute Gasteiger partial charge is 0.280 e. The van der Waals surface area contributed by atoms with Crippen molar-refractivity contribution in [2.45, 2.75) is 33.2 Å². The average Bonchev–Trinajstić information content (AvgIpc) is 3.42. The highest BCUT2D eigenvalue weighted by Gasteiger charge is 2.26. The first kappa shape index (κ1) is 24.0. The van der Waals surface area contributed by atoms with Gasteiger partial charge in [-0.25, -0.2) is 13.8 Å². The second-order valence-corrected chi connectivity index (χ2v) is 9.49. The number of rotatable bonds is 7. The van der Waals surface area contributed by atoms with Gasteiger partial charge in [-0.05, 0) is 41.4 Å². The van der Waals surface area contributed by atoms with E-state index >= 15 is 0 Å². The van der Waals surface area contributed by atoms with E-state index in [1.807, 2.05) is 6.92 Å². The van der Waals surface area contributed by atoms with Crippen LogP contribution in [-0.4, -0.2) is 36.4 Å². The van der Waals surface area contributed by atoms with Gasteiger partial charge in [-0.1, -0.05) is 0 Å². The number of halogens is 3. The Morgan fingerprint density at radius 3 is 2.59 bits per heavy atom. The van der Waals surface area contributed by atoms with Crippen molar-refractivity contribution in [3.63, 3.8) is 0 Å². The summed E-state index contributed by atoms with van der Waals surface area (Å²) in [5, 5.41) is 11.6. The molecule has 34 heavy (non-hydrogen) atoms. The molecular weight excluding hydrogens is 532 g/mol. The van der Waals surface area contributed by atoms with Gasteiger partial charge in [0.2, 0.25) is 5.91 Å². The summed E-state index contributed by atoms with van der Waals surface area (Å²) in [4.78, 5) is 29.3. The highest BCUT2D eigenvalue weighted by atomic mass is 79.9. The molecule has 0 saturated carbocycles. The lowest BCUT2D eigenvalue weighted by molar-refractivity contribution is -0.116. The molecule has 13 heteroatoms. The van der Waals surface area contributed by atoms with Crippen LogP contribution in [0, 0.1) is 13.8 Å². The van der Waals surface area contributed by atoms with Crippen molar-refractivity contribution in [2.75, 3.05) is 5.32 Å². The molecule has 4 aromatic heterocycles. The predicted octanol–water partition coefficient (Wildman–Crippen LogP) is 4.34. The fraction of sp³-hybridized carbons (Fsp3) is 0.286. The number of fused-ring (bicyclic) bond motifs is 1. The van der Waals surface area contributed by atoms with Crippen LogP contribution in [0.15, 0.2) is 22.9 Å².